The smallest absolute Gasteiger partial charge is 0.409 e. The highest BCUT2D eigenvalue weighted by atomic mass is 16.6. The third-order valence-corrected chi connectivity index (χ3v) is 4.13. The summed E-state index contributed by atoms with van der Waals surface area (Å²) in [5.74, 6) is 0.352. The number of methoxy groups -OCH3 is 3. The molecule has 1 aliphatic heterocycles. The molecule has 0 atom stereocenters. The van der Waals surface area contributed by atoms with Gasteiger partial charge in [0.25, 0.3) is 0 Å². The van der Waals surface area contributed by atoms with E-state index in [1.54, 1.807) is 18.2 Å². The van der Waals surface area contributed by atoms with E-state index in [-0.39, 0.29) is 32.0 Å². The van der Waals surface area contributed by atoms with Crippen LogP contribution in [0.3, 0.4) is 0 Å². The third-order valence-electron chi connectivity index (χ3n) is 4.13. The third kappa shape index (κ3) is 5.77. The molecule has 1 saturated heterocycles. The Morgan fingerprint density at radius 1 is 1.15 bits per heavy atom. The highest BCUT2D eigenvalue weighted by molar-refractivity contribution is 5.82. The van der Waals surface area contributed by atoms with Crippen LogP contribution in [-0.2, 0) is 25.6 Å². The van der Waals surface area contributed by atoms with Gasteiger partial charge in [-0.15, -0.1) is 0 Å². The maximum absolute atomic E-state index is 12.6. The molecule has 1 aliphatic rings. The van der Waals surface area contributed by atoms with E-state index in [1.807, 2.05) is 0 Å². The molecule has 0 unspecified atom stereocenters. The SMILES string of the molecule is COC(=O)CN(Cc1cc(OC)cc(OC)c1)C(=O)CCN1CCOC1=O. The molecule has 2 amide bonds. The van der Waals surface area contributed by atoms with E-state index in [4.69, 9.17) is 14.2 Å². The van der Waals surface area contributed by atoms with Crippen LogP contribution in [0.15, 0.2) is 18.2 Å². The molecule has 0 N–H and O–H groups in total. The molecule has 1 fully saturated rings. The van der Waals surface area contributed by atoms with Gasteiger partial charge in [-0.05, 0) is 17.7 Å². The first-order chi connectivity index (χ1) is 13.0. The maximum atomic E-state index is 12.6. The average Bonchev–Trinajstić information content (AvgIpc) is 3.09. The highest BCUT2D eigenvalue weighted by Crippen LogP contribution is 2.23. The van der Waals surface area contributed by atoms with E-state index in [2.05, 4.69) is 4.74 Å². The predicted molar refractivity (Wildman–Crippen MR) is 94.5 cm³/mol. The molecule has 27 heavy (non-hydrogen) atoms. The van der Waals surface area contributed by atoms with E-state index in [1.165, 1.54) is 31.1 Å². The van der Waals surface area contributed by atoms with Crippen molar-refractivity contribution in [3.8, 4) is 11.5 Å². The lowest BCUT2D eigenvalue weighted by molar-refractivity contribution is -0.147. The van der Waals surface area contributed by atoms with Crippen LogP contribution in [0.4, 0.5) is 4.79 Å². The van der Waals surface area contributed by atoms with Crippen molar-refractivity contribution in [1.82, 2.24) is 9.80 Å². The summed E-state index contributed by atoms with van der Waals surface area (Å²) in [6.07, 6.45) is -0.354. The van der Waals surface area contributed by atoms with Crippen LogP contribution >= 0.6 is 0 Å². The lowest BCUT2D eigenvalue weighted by Gasteiger charge is -2.23. The maximum Gasteiger partial charge on any atom is 0.409 e. The lowest BCUT2D eigenvalue weighted by atomic mass is 10.1. The van der Waals surface area contributed by atoms with Crippen molar-refractivity contribution in [2.45, 2.75) is 13.0 Å². The largest absolute Gasteiger partial charge is 0.497 e. The summed E-state index contributed by atoms with van der Waals surface area (Å²) in [4.78, 5) is 38.7. The van der Waals surface area contributed by atoms with Crippen molar-refractivity contribution < 1.29 is 33.3 Å². The minimum atomic E-state index is -0.529. The number of hydrogen-bond acceptors (Lipinski definition) is 7. The predicted octanol–water partition coefficient (Wildman–Crippen LogP) is 1.05. The van der Waals surface area contributed by atoms with Crippen molar-refractivity contribution in [2.75, 3.05) is 47.6 Å². The molecule has 0 aliphatic carbocycles. The van der Waals surface area contributed by atoms with Gasteiger partial charge in [-0.3, -0.25) is 9.59 Å². The number of esters is 1. The van der Waals surface area contributed by atoms with Crippen LogP contribution in [0, 0.1) is 0 Å². The zero-order chi connectivity index (χ0) is 19.8. The molecule has 1 aromatic carbocycles. The van der Waals surface area contributed by atoms with E-state index in [0.717, 1.165) is 5.56 Å². The van der Waals surface area contributed by atoms with E-state index >= 15 is 0 Å². The Morgan fingerprint density at radius 2 is 1.81 bits per heavy atom. The quantitative estimate of drug-likeness (QED) is 0.591. The molecular formula is C18H24N2O7. The summed E-state index contributed by atoms with van der Waals surface area (Å²) in [5.41, 5.74) is 0.740. The van der Waals surface area contributed by atoms with E-state index in [9.17, 15) is 14.4 Å². The molecule has 0 bridgehead atoms. The second kappa shape index (κ2) is 9.65. The molecule has 2 rings (SSSR count). The fourth-order valence-electron chi connectivity index (χ4n) is 2.65. The number of carbonyl (C=O) groups is 3. The van der Waals surface area contributed by atoms with E-state index < -0.39 is 12.1 Å². The van der Waals surface area contributed by atoms with Crippen molar-refractivity contribution in [1.29, 1.82) is 0 Å². The van der Waals surface area contributed by atoms with Crippen LogP contribution in [0.5, 0.6) is 11.5 Å². The second-order valence-corrected chi connectivity index (χ2v) is 5.90. The second-order valence-electron chi connectivity index (χ2n) is 5.90. The van der Waals surface area contributed by atoms with Crippen molar-refractivity contribution in [2.24, 2.45) is 0 Å². The molecular weight excluding hydrogens is 356 g/mol. The van der Waals surface area contributed by atoms with Crippen LogP contribution in [-0.4, -0.2) is 75.3 Å². The van der Waals surface area contributed by atoms with Crippen LogP contribution in [0.25, 0.3) is 0 Å². The van der Waals surface area contributed by atoms with Crippen molar-refractivity contribution in [3.05, 3.63) is 23.8 Å². The van der Waals surface area contributed by atoms with E-state index in [0.29, 0.717) is 24.7 Å². The van der Waals surface area contributed by atoms with Gasteiger partial charge in [-0.1, -0.05) is 0 Å². The Hall–Kier alpha value is -2.97. The summed E-state index contributed by atoms with van der Waals surface area (Å²) < 4.78 is 20.0. The van der Waals surface area contributed by atoms with Gasteiger partial charge in [-0.2, -0.15) is 0 Å². The number of rotatable bonds is 9. The van der Waals surface area contributed by atoms with Crippen LogP contribution < -0.4 is 9.47 Å². The van der Waals surface area contributed by atoms with Gasteiger partial charge < -0.3 is 28.7 Å². The molecule has 9 heteroatoms. The first-order valence-corrected chi connectivity index (χ1v) is 8.45. The fraction of sp³-hybridized carbons (Fsp3) is 0.500. The van der Waals surface area contributed by atoms with Gasteiger partial charge in [0, 0.05) is 25.6 Å². The molecule has 0 spiro atoms. The number of carbonyl (C=O) groups excluding carboxylic acids is 3. The van der Waals surface area contributed by atoms with Crippen LogP contribution in [0.1, 0.15) is 12.0 Å². The molecule has 1 aromatic rings. The van der Waals surface area contributed by atoms with Gasteiger partial charge >= 0.3 is 12.1 Å². The highest BCUT2D eigenvalue weighted by Gasteiger charge is 2.24. The Bertz CT molecular complexity index is 670. The topological polar surface area (TPSA) is 94.6 Å². The fourth-order valence-corrected chi connectivity index (χ4v) is 2.65. The molecule has 0 aromatic heterocycles. The summed E-state index contributed by atoms with van der Waals surface area (Å²) in [6.45, 7) is 0.987. The standard InChI is InChI=1S/C18H24N2O7/c1-24-14-8-13(9-15(10-14)25-2)11-20(12-17(22)26-3)16(21)4-5-19-6-7-27-18(19)23/h8-10H,4-7,11-12H2,1-3H3. The normalized spacial score (nSPS) is 13.1. The van der Waals surface area contributed by atoms with Crippen LogP contribution in [0.2, 0.25) is 0 Å². The molecule has 0 saturated carbocycles. The van der Waals surface area contributed by atoms with Crippen molar-refractivity contribution >= 4 is 18.0 Å². The number of amides is 2. The number of hydrogen-bond donors (Lipinski definition) is 0. The Kier molecular flexibility index (Phi) is 7.27. The number of cyclic esters (lactones) is 1. The first-order valence-electron chi connectivity index (χ1n) is 8.45. The molecule has 9 nitrogen and oxygen atoms in total. The van der Waals surface area contributed by atoms with Gasteiger partial charge in [0.1, 0.15) is 24.7 Å². The monoisotopic (exact) mass is 380 g/mol. The number of nitrogens with zero attached hydrogens (tertiary/aromatic N) is 2. The number of benzene rings is 1. The zero-order valence-corrected chi connectivity index (χ0v) is 15.7. The minimum Gasteiger partial charge on any atom is -0.497 e. The Morgan fingerprint density at radius 3 is 2.33 bits per heavy atom. The average molecular weight is 380 g/mol. The Labute approximate surface area is 157 Å². The summed E-state index contributed by atoms with van der Waals surface area (Å²) in [7, 11) is 4.33. The van der Waals surface area contributed by atoms with Gasteiger partial charge in [0.2, 0.25) is 5.91 Å². The summed E-state index contributed by atoms with van der Waals surface area (Å²) in [6, 6.07) is 5.24. The summed E-state index contributed by atoms with van der Waals surface area (Å²) in [5, 5.41) is 0. The summed E-state index contributed by atoms with van der Waals surface area (Å²) >= 11 is 0. The zero-order valence-electron chi connectivity index (χ0n) is 15.7. The van der Waals surface area contributed by atoms with Gasteiger partial charge in [0.15, 0.2) is 0 Å². The van der Waals surface area contributed by atoms with Gasteiger partial charge in [-0.25, -0.2) is 4.79 Å². The molecule has 0 radical (unpaired) electrons. The molecule has 148 valence electrons. The van der Waals surface area contributed by atoms with Gasteiger partial charge in [0.05, 0.1) is 27.9 Å². The lowest BCUT2D eigenvalue weighted by Crippen LogP contribution is -2.38. The Balaban J connectivity index is 2.09. The van der Waals surface area contributed by atoms with Crippen molar-refractivity contribution in [3.63, 3.8) is 0 Å². The minimum absolute atomic E-state index is 0.0766. The molecule has 1 heterocycles. The first kappa shape index (κ1) is 20.3. The number of ether oxygens (including phenoxy) is 4.